The molecule has 7 nitrogen and oxygen atoms in total. The van der Waals surface area contributed by atoms with Gasteiger partial charge < -0.3 is 14.8 Å². The minimum atomic E-state index is -3.47. The number of carbonyl (C=O) groups is 1. The molecule has 2 aromatic carbocycles. The van der Waals surface area contributed by atoms with Gasteiger partial charge in [0.05, 0.1) is 11.4 Å². The normalized spacial score (nSPS) is 12.5. The lowest BCUT2D eigenvalue weighted by atomic mass is 10.1. The first kappa shape index (κ1) is 23.7. The van der Waals surface area contributed by atoms with Crippen molar-refractivity contribution in [2.75, 3.05) is 27.2 Å². The Hall–Kier alpha value is -2.58. The molecule has 2 aromatic rings. The van der Waals surface area contributed by atoms with Crippen LogP contribution in [-0.4, -0.2) is 52.0 Å². The van der Waals surface area contributed by atoms with Gasteiger partial charge in [0, 0.05) is 14.1 Å². The highest BCUT2D eigenvalue weighted by Crippen LogP contribution is 2.22. The molecule has 1 amide bonds. The molecule has 0 aromatic heterocycles. The number of amides is 1. The number of nitrogens with zero attached hydrogens (tertiary/aromatic N) is 1. The SMILES string of the molecule is CC[C@@H](Oc1cccc(C)c1C)C(=O)NCCOc1ccc(S(=O)(=O)N(C)C)cc1. The average Bonchev–Trinajstić information content (AvgIpc) is 2.72. The van der Waals surface area contributed by atoms with Gasteiger partial charge in [-0.05, 0) is 61.7 Å². The molecule has 0 unspecified atom stereocenters. The van der Waals surface area contributed by atoms with Crippen LogP contribution in [0.3, 0.4) is 0 Å². The molecule has 0 radical (unpaired) electrons. The predicted octanol–water partition coefficient (Wildman–Crippen LogP) is 2.91. The van der Waals surface area contributed by atoms with E-state index in [1.165, 1.54) is 26.2 Å². The van der Waals surface area contributed by atoms with E-state index in [0.29, 0.717) is 24.5 Å². The van der Waals surface area contributed by atoms with Gasteiger partial charge in [-0.15, -0.1) is 0 Å². The molecule has 1 N–H and O–H groups in total. The molecule has 8 heteroatoms. The van der Waals surface area contributed by atoms with Crippen LogP contribution in [0.1, 0.15) is 24.5 Å². The number of ether oxygens (including phenoxy) is 2. The molecule has 2 rings (SSSR count). The van der Waals surface area contributed by atoms with Crippen LogP contribution in [0.2, 0.25) is 0 Å². The summed E-state index contributed by atoms with van der Waals surface area (Å²) >= 11 is 0. The zero-order chi connectivity index (χ0) is 22.3. The fourth-order valence-corrected chi connectivity index (χ4v) is 3.60. The van der Waals surface area contributed by atoms with Crippen molar-refractivity contribution in [2.24, 2.45) is 0 Å². The van der Waals surface area contributed by atoms with E-state index in [2.05, 4.69) is 5.32 Å². The maximum atomic E-state index is 12.4. The third-order valence-electron chi connectivity index (χ3n) is 4.76. The number of sulfonamides is 1. The number of nitrogens with one attached hydrogen (secondary N) is 1. The fraction of sp³-hybridized carbons (Fsp3) is 0.409. The zero-order valence-electron chi connectivity index (χ0n) is 18.1. The maximum Gasteiger partial charge on any atom is 0.261 e. The molecule has 0 aliphatic carbocycles. The summed E-state index contributed by atoms with van der Waals surface area (Å²) < 4.78 is 36.8. The summed E-state index contributed by atoms with van der Waals surface area (Å²) in [6, 6.07) is 12.0. The Balaban J connectivity index is 1.84. The van der Waals surface area contributed by atoms with Gasteiger partial charge in [-0.1, -0.05) is 19.1 Å². The Morgan fingerprint density at radius 2 is 1.77 bits per heavy atom. The van der Waals surface area contributed by atoms with Crippen LogP contribution < -0.4 is 14.8 Å². The molecule has 0 spiro atoms. The van der Waals surface area contributed by atoms with E-state index in [4.69, 9.17) is 9.47 Å². The van der Waals surface area contributed by atoms with Crippen LogP contribution in [0.4, 0.5) is 0 Å². The van der Waals surface area contributed by atoms with Crippen LogP contribution in [0.25, 0.3) is 0 Å². The molecule has 1 atom stereocenters. The summed E-state index contributed by atoms with van der Waals surface area (Å²) in [7, 11) is -0.503. The number of rotatable bonds is 10. The molecule has 164 valence electrons. The highest BCUT2D eigenvalue weighted by atomic mass is 32.2. The first-order valence-electron chi connectivity index (χ1n) is 9.82. The average molecular weight is 435 g/mol. The van der Waals surface area contributed by atoms with E-state index in [9.17, 15) is 13.2 Å². The smallest absolute Gasteiger partial charge is 0.261 e. The molecule has 0 aliphatic rings. The van der Waals surface area contributed by atoms with Crippen LogP contribution >= 0.6 is 0 Å². The van der Waals surface area contributed by atoms with Gasteiger partial charge >= 0.3 is 0 Å². The Kier molecular flexibility index (Phi) is 8.25. The highest BCUT2D eigenvalue weighted by molar-refractivity contribution is 7.89. The fourth-order valence-electron chi connectivity index (χ4n) is 2.70. The second kappa shape index (κ2) is 10.4. The Bertz CT molecular complexity index is 956. The highest BCUT2D eigenvalue weighted by Gasteiger charge is 2.19. The van der Waals surface area contributed by atoms with Crippen molar-refractivity contribution in [3.63, 3.8) is 0 Å². The summed E-state index contributed by atoms with van der Waals surface area (Å²) in [5, 5.41) is 2.82. The van der Waals surface area contributed by atoms with Gasteiger partial charge in [-0.3, -0.25) is 4.79 Å². The van der Waals surface area contributed by atoms with E-state index in [0.717, 1.165) is 15.4 Å². The van der Waals surface area contributed by atoms with Gasteiger partial charge in [0.2, 0.25) is 10.0 Å². The van der Waals surface area contributed by atoms with E-state index < -0.39 is 16.1 Å². The summed E-state index contributed by atoms with van der Waals surface area (Å²) in [4.78, 5) is 12.6. The Morgan fingerprint density at radius 3 is 2.37 bits per heavy atom. The van der Waals surface area contributed by atoms with Crippen molar-refractivity contribution < 1.29 is 22.7 Å². The van der Waals surface area contributed by atoms with Crippen molar-refractivity contribution >= 4 is 15.9 Å². The van der Waals surface area contributed by atoms with Gasteiger partial charge in [-0.25, -0.2) is 12.7 Å². The lowest BCUT2D eigenvalue weighted by Gasteiger charge is -2.19. The zero-order valence-corrected chi connectivity index (χ0v) is 19.0. The largest absolute Gasteiger partial charge is 0.492 e. The van der Waals surface area contributed by atoms with Crippen molar-refractivity contribution in [2.45, 2.75) is 38.2 Å². The predicted molar refractivity (Wildman–Crippen MR) is 116 cm³/mol. The Labute approximate surface area is 179 Å². The summed E-state index contributed by atoms with van der Waals surface area (Å²) in [5.41, 5.74) is 2.13. The van der Waals surface area contributed by atoms with E-state index in [-0.39, 0.29) is 17.4 Å². The second-order valence-corrected chi connectivity index (χ2v) is 9.26. The van der Waals surface area contributed by atoms with Crippen molar-refractivity contribution in [3.05, 3.63) is 53.6 Å². The van der Waals surface area contributed by atoms with Crippen molar-refractivity contribution in [1.29, 1.82) is 0 Å². The topological polar surface area (TPSA) is 84.9 Å². The summed E-state index contributed by atoms with van der Waals surface area (Å²) in [6.45, 7) is 6.44. The van der Waals surface area contributed by atoms with Crippen LogP contribution in [-0.2, 0) is 14.8 Å². The standard InChI is InChI=1S/C22H30N2O5S/c1-6-20(29-21-9-7-8-16(2)17(21)3)22(25)23-14-15-28-18-10-12-19(13-11-18)30(26,27)24(4)5/h7-13,20H,6,14-15H2,1-5H3,(H,23,25)/t20-/m1/s1. The molecule has 0 fully saturated rings. The van der Waals surface area contributed by atoms with E-state index in [1.807, 2.05) is 39.0 Å². The number of hydrogen-bond acceptors (Lipinski definition) is 5. The monoisotopic (exact) mass is 434 g/mol. The maximum absolute atomic E-state index is 12.4. The minimum Gasteiger partial charge on any atom is -0.492 e. The number of benzene rings is 2. The van der Waals surface area contributed by atoms with Crippen LogP contribution in [0.15, 0.2) is 47.4 Å². The summed E-state index contributed by atoms with van der Waals surface area (Å²) in [5.74, 6) is 1.04. The van der Waals surface area contributed by atoms with Gasteiger partial charge in [-0.2, -0.15) is 0 Å². The molecule has 0 saturated carbocycles. The molecule has 0 saturated heterocycles. The lowest BCUT2D eigenvalue weighted by molar-refractivity contribution is -0.128. The van der Waals surface area contributed by atoms with Crippen LogP contribution in [0.5, 0.6) is 11.5 Å². The summed E-state index contributed by atoms with van der Waals surface area (Å²) in [6.07, 6.45) is -0.0389. The third kappa shape index (κ3) is 5.96. The van der Waals surface area contributed by atoms with Gasteiger partial charge in [0.15, 0.2) is 6.10 Å². The number of carbonyl (C=O) groups excluding carboxylic acids is 1. The Morgan fingerprint density at radius 1 is 1.10 bits per heavy atom. The number of hydrogen-bond donors (Lipinski definition) is 1. The minimum absolute atomic E-state index is 0.197. The van der Waals surface area contributed by atoms with E-state index >= 15 is 0 Å². The van der Waals surface area contributed by atoms with Crippen LogP contribution in [0, 0.1) is 13.8 Å². The molecule has 0 aliphatic heterocycles. The molecule has 30 heavy (non-hydrogen) atoms. The lowest BCUT2D eigenvalue weighted by Crippen LogP contribution is -2.39. The molecular formula is C22H30N2O5S. The second-order valence-electron chi connectivity index (χ2n) is 7.11. The first-order chi connectivity index (χ1) is 14.2. The quantitative estimate of drug-likeness (QED) is 0.581. The van der Waals surface area contributed by atoms with E-state index in [1.54, 1.807) is 12.1 Å². The third-order valence-corrected chi connectivity index (χ3v) is 6.59. The molecular weight excluding hydrogens is 404 g/mol. The van der Waals surface area contributed by atoms with Crippen molar-refractivity contribution in [3.8, 4) is 11.5 Å². The molecule has 0 heterocycles. The first-order valence-corrected chi connectivity index (χ1v) is 11.3. The number of aryl methyl sites for hydroxylation is 1. The van der Waals surface area contributed by atoms with Crippen molar-refractivity contribution in [1.82, 2.24) is 9.62 Å². The van der Waals surface area contributed by atoms with Gasteiger partial charge in [0.25, 0.3) is 5.91 Å². The molecule has 0 bridgehead atoms. The van der Waals surface area contributed by atoms with Gasteiger partial charge in [0.1, 0.15) is 18.1 Å².